The maximum Gasteiger partial charge on any atom is 0.106 e. The predicted octanol–water partition coefficient (Wildman–Crippen LogP) is 8.91. The van der Waals surface area contributed by atoms with Gasteiger partial charge in [-0.15, -0.1) is 0 Å². The summed E-state index contributed by atoms with van der Waals surface area (Å²) >= 11 is 1.39. The van der Waals surface area contributed by atoms with Gasteiger partial charge < -0.3 is 8.92 Å². The lowest BCUT2D eigenvalue weighted by Crippen LogP contribution is -2.47. The van der Waals surface area contributed by atoms with E-state index in [4.69, 9.17) is 8.92 Å². The van der Waals surface area contributed by atoms with Crippen LogP contribution < -0.4 is 0 Å². The summed E-state index contributed by atoms with van der Waals surface area (Å²) < 4.78 is 11.7. The molecule has 0 aliphatic carbocycles. The molecule has 3 heteroatoms. The molecule has 2 nitrogen and oxygen atoms in total. The zero-order valence-electron chi connectivity index (χ0n) is 20.5. The van der Waals surface area contributed by atoms with Crippen molar-refractivity contribution >= 4 is 12.0 Å². The predicted molar refractivity (Wildman–Crippen MR) is 145 cm³/mol. The van der Waals surface area contributed by atoms with Crippen LogP contribution in [0.5, 0.6) is 0 Å². The lowest BCUT2D eigenvalue weighted by Gasteiger charge is -2.39. The Morgan fingerprint density at radius 1 is 0.500 bits per heavy atom. The Hall–Kier alpha value is -2.85. The van der Waals surface area contributed by atoms with Crippen LogP contribution in [0.4, 0.5) is 0 Å². The van der Waals surface area contributed by atoms with E-state index in [0.29, 0.717) is 0 Å². The van der Waals surface area contributed by atoms with Gasteiger partial charge in [0.2, 0.25) is 0 Å². The molecule has 0 amide bonds. The molecule has 0 N–H and O–H groups in total. The summed E-state index contributed by atoms with van der Waals surface area (Å²) in [5.74, 6) is 0. The minimum Gasteiger partial charge on any atom is -0.376 e. The molecule has 4 rings (SSSR count). The highest BCUT2D eigenvalue weighted by molar-refractivity contribution is 7.94. The highest BCUT2D eigenvalue weighted by atomic mass is 32.2. The largest absolute Gasteiger partial charge is 0.376 e. The molecule has 4 aromatic rings. The Kier molecular flexibility index (Phi) is 7.27. The second-order valence-corrected chi connectivity index (χ2v) is 10.2. The van der Waals surface area contributed by atoms with E-state index in [0.717, 1.165) is 4.90 Å². The van der Waals surface area contributed by atoms with Crippen molar-refractivity contribution in [3.63, 3.8) is 0 Å². The first-order valence-electron chi connectivity index (χ1n) is 11.6. The number of rotatable bonds is 8. The molecule has 174 valence electrons. The molecule has 0 saturated carbocycles. The van der Waals surface area contributed by atoms with E-state index < -0.39 is 11.2 Å². The zero-order valence-corrected chi connectivity index (χ0v) is 21.4. The van der Waals surface area contributed by atoms with Gasteiger partial charge in [0, 0.05) is 24.0 Å². The third-order valence-corrected chi connectivity index (χ3v) is 7.62. The van der Waals surface area contributed by atoms with Crippen molar-refractivity contribution in [2.24, 2.45) is 0 Å². The van der Waals surface area contributed by atoms with Crippen LogP contribution in [0.2, 0.25) is 0 Å². The molecular formula is C31H32O2S. The van der Waals surface area contributed by atoms with Crippen LogP contribution in [-0.4, -0.2) is 18.3 Å². The van der Waals surface area contributed by atoms with Crippen LogP contribution in [0.1, 0.15) is 27.7 Å². The second-order valence-electron chi connectivity index (χ2n) is 9.44. The Morgan fingerprint density at radius 3 is 1.44 bits per heavy atom. The van der Waals surface area contributed by atoms with Crippen LogP contribution in [-0.2, 0) is 8.92 Å². The maximum absolute atomic E-state index is 6.13. The first-order valence-corrected chi connectivity index (χ1v) is 12.3. The van der Waals surface area contributed by atoms with Crippen molar-refractivity contribution in [2.75, 3.05) is 7.11 Å². The molecule has 0 saturated heterocycles. The standard InChI is InChI=1S/C31H32O2S/c1-30(2,32-5)31(3,4)33-34-29-19-17-24(18-20-29)26-14-10-16-28(22-26)27-15-9-13-25(21-27)23-11-7-6-8-12-23/h6-22H,1-5H3. The monoisotopic (exact) mass is 468 g/mol. The summed E-state index contributed by atoms with van der Waals surface area (Å²) in [6.45, 7) is 8.19. The summed E-state index contributed by atoms with van der Waals surface area (Å²) in [6.07, 6.45) is 0. The highest BCUT2D eigenvalue weighted by Crippen LogP contribution is 2.36. The molecule has 0 spiro atoms. The highest BCUT2D eigenvalue weighted by Gasteiger charge is 2.39. The van der Waals surface area contributed by atoms with Crippen LogP contribution in [0.25, 0.3) is 33.4 Å². The van der Waals surface area contributed by atoms with Gasteiger partial charge in [0.05, 0.1) is 5.60 Å². The van der Waals surface area contributed by atoms with E-state index in [2.05, 4.69) is 111 Å². The quantitative estimate of drug-likeness (QED) is 0.241. The lowest BCUT2D eigenvalue weighted by molar-refractivity contribution is -0.107. The van der Waals surface area contributed by atoms with Crippen molar-refractivity contribution in [3.05, 3.63) is 103 Å². The summed E-state index contributed by atoms with van der Waals surface area (Å²) in [7, 11) is 1.72. The van der Waals surface area contributed by atoms with Crippen LogP contribution >= 0.6 is 12.0 Å². The first kappa shape index (κ1) is 24.3. The van der Waals surface area contributed by atoms with Crippen LogP contribution in [0.3, 0.4) is 0 Å². The zero-order chi connectivity index (χ0) is 24.2. The van der Waals surface area contributed by atoms with Gasteiger partial charge in [-0.05, 0) is 85.3 Å². The minimum atomic E-state index is -0.437. The Bertz CT molecular complexity index is 1230. The SMILES string of the molecule is COC(C)(C)C(C)(C)OSc1ccc(-c2cccc(-c3cccc(-c4ccccc4)c3)c2)cc1. The van der Waals surface area contributed by atoms with E-state index in [-0.39, 0.29) is 0 Å². The Morgan fingerprint density at radius 2 is 0.941 bits per heavy atom. The maximum atomic E-state index is 6.13. The van der Waals surface area contributed by atoms with E-state index in [9.17, 15) is 0 Å². The van der Waals surface area contributed by atoms with Gasteiger partial charge in [0.25, 0.3) is 0 Å². The van der Waals surface area contributed by atoms with Crippen molar-refractivity contribution < 1.29 is 8.92 Å². The molecule has 0 aliphatic rings. The summed E-state index contributed by atoms with van der Waals surface area (Å²) in [4.78, 5) is 1.07. The number of methoxy groups -OCH3 is 1. The second kappa shape index (κ2) is 10.2. The van der Waals surface area contributed by atoms with Crippen LogP contribution in [0, 0.1) is 0 Å². The van der Waals surface area contributed by atoms with Crippen molar-refractivity contribution in [3.8, 4) is 33.4 Å². The Labute approximate surface area is 208 Å². The molecule has 0 unspecified atom stereocenters. The minimum absolute atomic E-state index is 0.391. The summed E-state index contributed by atoms with van der Waals surface area (Å²) in [6, 6.07) is 36.5. The lowest BCUT2D eigenvalue weighted by atomic mass is 9.90. The van der Waals surface area contributed by atoms with Gasteiger partial charge in [-0.25, -0.2) is 0 Å². The van der Waals surface area contributed by atoms with E-state index in [1.807, 2.05) is 19.9 Å². The number of hydrogen-bond donors (Lipinski definition) is 0. The van der Waals surface area contributed by atoms with E-state index in [1.54, 1.807) is 7.11 Å². The third kappa shape index (κ3) is 5.44. The number of ether oxygens (including phenoxy) is 1. The molecule has 4 aromatic carbocycles. The van der Waals surface area contributed by atoms with Gasteiger partial charge in [-0.3, -0.25) is 0 Å². The number of benzene rings is 4. The summed E-state index contributed by atoms with van der Waals surface area (Å²) in [5, 5.41) is 0. The average Bonchev–Trinajstić information content (AvgIpc) is 2.88. The van der Waals surface area contributed by atoms with E-state index in [1.165, 1.54) is 45.4 Å². The molecule has 0 bridgehead atoms. The van der Waals surface area contributed by atoms with Crippen molar-refractivity contribution in [1.82, 2.24) is 0 Å². The Balaban J connectivity index is 1.52. The fraction of sp³-hybridized carbons (Fsp3) is 0.226. The molecule has 34 heavy (non-hydrogen) atoms. The van der Waals surface area contributed by atoms with Crippen LogP contribution in [0.15, 0.2) is 108 Å². The fourth-order valence-corrected chi connectivity index (χ4v) is 4.34. The third-order valence-electron chi connectivity index (χ3n) is 6.66. The van der Waals surface area contributed by atoms with Crippen molar-refractivity contribution in [2.45, 2.75) is 43.8 Å². The average molecular weight is 469 g/mol. The van der Waals surface area contributed by atoms with Gasteiger partial charge in [-0.2, -0.15) is 0 Å². The van der Waals surface area contributed by atoms with Gasteiger partial charge in [0.15, 0.2) is 0 Å². The van der Waals surface area contributed by atoms with Crippen molar-refractivity contribution in [1.29, 1.82) is 0 Å². The smallest absolute Gasteiger partial charge is 0.106 e. The first-order chi connectivity index (χ1) is 16.3. The molecular weight excluding hydrogens is 436 g/mol. The topological polar surface area (TPSA) is 18.5 Å². The fourth-order valence-electron chi connectivity index (χ4n) is 3.59. The summed E-state index contributed by atoms with van der Waals surface area (Å²) in [5.41, 5.74) is 6.43. The number of hydrogen-bond acceptors (Lipinski definition) is 3. The normalized spacial score (nSPS) is 12.0. The van der Waals surface area contributed by atoms with E-state index >= 15 is 0 Å². The molecule has 0 aromatic heterocycles. The van der Waals surface area contributed by atoms with Gasteiger partial charge in [-0.1, -0.05) is 78.9 Å². The molecule has 0 fully saturated rings. The molecule has 0 aliphatic heterocycles. The molecule has 0 heterocycles. The van der Waals surface area contributed by atoms with Gasteiger partial charge in [0.1, 0.15) is 5.60 Å². The van der Waals surface area contributed by atoms with Gasteiger partial charge >= 0.3 is 0 Å². The molecule has 0 radical (unpaired) electrons. The molecule has 0 atom stereocenters.